The Bertz CT molecular complexity index is 419. The van der Waals surface area contributed by atoms with Gasteiger partial charge in [-0.3, -0.25) is 5.21 Å². The maximum atomic E-state index is 12.4. The van der Waals surface area contributed by atoms with Gasteiger partial charge in [0.15, 0.2) is 0 Å². The standard InChI is InChI=1S/C8H7ClF3N3O/c9-6-2-1-4(14-7(13)15-16)3-5(6)8(10,11)12/h1-3,16H,(H3,13,14,15). The zero-order chi connectivity index (χ0) is 12.3. The lowest BCUT2D eigenvalue weighted by molar-refractivity contribution is -0.137. The van der Waals surface area contributed by atoms with Crippen LogP contribution in [0.25, 0.3) is 0 Å². The summed E-state index contributed by atoms with van der Waals surface area (Å²) in [6, 6.07) is 3.02. The van der Waals surface area contributed by atoms with Crippen LogP contribution in [0.3, 0.4) is 0 Å². The fraction of sp³-hybridized carbons (Fsp3) is 0.125. The van der Waals surface area contributed by atoms with Gasteiger partial charge < -0.3 is 5.73 Å². The van der Waals surface area contributed by atoms with Crippen molar-refractivity contribution in [3.63, 3.8) is 0 Å². The topological polar surface area (TPSA) is 70.6 Å². The largest absolute Gasteiger partial charge is 0.417 e. The predicted octanol–water partition coefficient (Wildman–Crippen LogP) is 2.28. The van der Waals surface area contributed by atoms with Crippen molar-refractivity contribution in [1.29, 1.82) is 0 Å². The van der Waals surface area contributed by atoms with E-state index in [-0.39, 0.29) is 5.69 Å². The van der Waals surface area contributed by atoms with Crippen molar-refractivity contribution in [3.8, 4) is 0 Å². The number of hydrogen-bond donors (Lipinski definition) is 3. The molecule has 4 nitrogen and oxygen atoms in total. The van der Waals surface area contributed by atoms with Crippen LogP contribution in [-0.2, 0) is 6.18 Å². The van der Waals surface area contributed by atoms with E-state index in [0.29, 0.717) is 0 Å². The average molecular weight is 254 g/mol. The number of nitrogens with two attached hydrogens (primary N) is 1. The Morgan fingerprint density at radius 1 is 1.44 bits per heavy atom. The molecule has 0 fully saturated rings. The summed E-state index contributed by atoms with van der Waals surface area (Å²) in [6.07, 6.45) is -4.57. The van der Waals surface area contributed by atoms with Crippen LogP contribution >= 0.6 is 11.6 Å². The summed E-state index contributed by atoms with van der Waals surface area (Å²) in [7, 11) is 0. The lowest BCUT2D eigenvalue weighted by Gasteiger charge is -2.09. The van der Waals surface area contributed by atoms with Crippen molar-refractivity contribution in [1.82, 2.24) is 5.48 Å². The van der Waals surface area contributed by atoms with Crippen molar-refractivity contribution < 1.29 is 18.4 Å². The normalized spacial score (nSPS) is 12.7. The second kappa shape index (κ2) is 4.58. The van der Waals surface area contributed by atoms with Crippen LogP contribution < -0.4 is 11.2 Å². The second-order valence-electron chi connectivity index (χ2n) is 2.77. The van der Waals surface area contributed by atoms with E-state index in [1.54, 1.807) is 0 Å². The molecular formula is C8H7ClF3N3O. The van der Waals surface area contributed by atoms with Gasteiger partial charge in [-0.25, -0.2) is 10.5 Å². The highest BCUT2D eigenvalue weighted by atomic mass is 35.5. The number of halogens is 4. The molecule has 0 heterocycles. The summed E-state index contributed by atoms with van der Waals surface area (Å²) in [5, 5.41) is 7.90. The molecule has 0 bridgehead atoms. The number of hydroxylamine groups is 1. The first kappa shape index (κ1) is 12.6. The monoisotopic (exact) mass is 253 g/mol. The number of hydrogen-bond acceptors (Lipinski definition) is 2. The highest BCUT2D eigenvalue weighted by Crippen LogP contribution is 2.36. The molecule has 1 rings (SSSR count). The van der Waals surface area contributed by atoms with Gasteiger partial charge in [-0.15, -0.1) is 0 Å². The van der Waals surface area contributed by atoms with E-state index < -0.39 is 22.7 Å². The molecule has 0 aromatic heterocycles. The number of rotatable bonds is 1. The van der Waals surface area contributed by atoms with E-state index in [1.807, 2.05) is 0 Å². The Kier molecular flexibility index (Phi) is 3.61. The molecule has 0 spiro atoms. The molecule has 0 saturated heterocycles. The quantitative estimate of drug-likeness (QED) is 0.408. The van der Waals surface area contributed by atoms with Crippen molar-refractivity contribution in [2.24, 2.45) is 10.7 Å². The summed E-state index contributed by atoms with van der Waals surface area (Å²) < 4.78 is 37.3. The lowest BCUT2D eigenvalue weighted by Crippen LogP contribution is -2.27. The molecule has 0 amide bonds. The van der Waals surface area contributed by atoms with Gasteiger partial charge >= 0.3 is 6.18 Å². The molecule has 0 aliphatic rings. The third-order valence-electron chi connectivity index (χ3n) is 1.62. The molecule has 4 N–H and O–H groups in total. The van der Waals surface area contributed by atoms with Crippen LogP contribution in [0, 0.1) is 0 Å². The SMILES string of the molecule is NC(=Nc1ccc(Cl)c(C(F)(F)F)c1)NO. The zero-order valence-electron chi connectivity index (χ0n) is 7.72. The van der Waals surface area contributed by atoms with E-state index >= 15 is 0 Å². The summed E-state index contributed by atoms with van der Waals surface area (Å²) in [5.74, 6) is -0.421. The zero-order valence-corrected chi connectivity index (χ0v) is 8.47. The molecule has 0 unspecified atom stereocenters. The Morgan fingerprint density at radius 2 is 2.06 bits per heavy atom. The molecular weight excluding hydrogens is 247 g/mol. The van der Waals surface area contributed by atoms with Crippen molar-refractivity contribution in [2.75, 3.05) is 0 Å². The fourth-order valence-electron chi connectivity index (χ4n) is 0.964. The number of guanidine groups is 1. The molecule has 0 aliphatic carbocycles. The van der Waals surface area contributed by atoms with Gasteiger partial charge in [0.25, 0.3) is 0 Å². The Labute approximate surface area is 93.5 Å². The molecule has 1 aromatic carbocycles. The number of nitrogens with zero attached hydrogens (tertiary/aromatic N) is 1. The van der Waals surface area contributed by atoms with E-state index in [2.05, 4.69) is 4.99 Å². The highest BCUT2D eigenvalue weighted by molar-refractivity contribution is 6.31. The first-order valence-electron chi connectivity index (χ1n) is 3.95. The highest BCUT2D eigenvalue weighted by Gasteiger charge is 2.33. The molecule has 0 aliphatic heterocycles. The van der Waals surface area contributed by atoms with Gasteiger partial charge in [-0.1, -0.05) is 11.6 Å². The minimum Gasteiger partial charge on any atom is -0.368 e. The van der Waals surface area contributed by atoms with Gasteiger partial charge in [0, 0.05) is 0 Å². The summed E-state index contributed by atoms with van der Waals surface area (Å²) in [5.41, 5.74) is 5.49. The lowest BCUT2D eigenvalue weighted by atomic mass is 10.2. The van der Waals surface area contributed by atoms with Crippen LogP contribution in [0.5, 0.6) is 0 Å². The Balaban J connectivity index is 3.18. The predicted molar refractivity (Wildman–Crippen MR) is 52.7 cm³/mol. The smallest absolute Gasteiger partial charge is 0.368 e. The Hall–Kier alpha value is -1.47. The maximum Gasteiger partial charge on any atom is 0.417 e. The van der Waals surface area contributed by atoms with Crippen LogP contribution in [0.2, 0.25) is 5.02 Å². The molecule has 0 atom stereocenters. The molecule has 16 heavy (non-hydrogen) atoms. The van der Waals surface area contributed by atoms with E-state index in [9.17, 15) is 13.2 Å². The number of benzene rings is 1. The molecule has 0 radical (unpaired) electrons. The summed E-state index contributed by atoms with van der Waals surface area (Å²) in [6.45, 7) is 0. The van der Waals surface area contributed by atoms with Gasteiger partial charge in [0.2, 0.25) is 5.96 Å². The van der Waals surface area contributed by atoms with Crippen LogP contribution in [0.15, 0.2) is 23.2 Å². The number of aliphatic imine (C=N–C) groups is 1. The maximum absolute atomic E-state index is 12.4. The van der Waals surface area contributed by atoms with Crippen molar-refractivity contribution in [2.45, 2.75) is 6.18 Å². The average Bonchev–Trinajstić information content (AvgIpc) is 2.19. The van der Waals surface area contributed by atoms with Gasteiger partial charge in [0.05, 0.1) is 16.3 Å². The summed E-state index contributed by atoms with van der Waals surface area (Å²) in [4.78, 5) is 3.47. The number of nitrogens with one attached hydrogen (secondary N) is 1. The molecule has 88 valence electrons. The van der Waals surface area contributed by atoms with Gasteiger partial charge in [0.1, 0.15) is 0 Å². The second-order valence-corrected chi connectivity index (χ2v) is 3.18. The van der Waals surface area contributed by atoms with Crippen molar-refractivity contribution >= 4 is 23.2 Å². The van der Waals surface area contributed by atoms with Crippen molar-refractivity contribution in [3.05, 3.63) is 28.8 Å². The van der Waals surface area contributed by atoms with Crippen LogP contribution in [0.1, 0.15) is 5.56 Å². The number of alkyl halides is 3. The van der Waals surface area contributed by atoms with Gasteiger partial charge in [-0.2, -0.15) is 13.2 Å². The summed E-state index contributed by atoms with van der Waals surface area (Å²) >= 11 is 5.39. The third kappa shape index (κ3) is 3.01. The minimum absolute atomic E-state index is 0.0734. The van der Waals surface area contributed by atoms with E-state index in [0.717, 1.165) is 12.1 Å². The van der Waals surface area contributed by atoms with Crippen LogP contribution in [0.4, 0.5) is 18.9 Å². The van der Waals surface area contributed by atoms with Crippen LogP contribution in [-0.4, -0.2) is 11.2 Å². The molecule has 8 heteroatoms. The van der Waals surface area contributed by atoms with E-state index in [4.69, 9.17) is 22.5 Å². The van der Waals surface area contributed by atoms with E-state index in [1.165, 1.54) is 11.5 Å². The third-order valence-corrected chi connectivity index (χ3v) is 1.95. The molecule has 1 aromatic rings. The Morgan fingerprint density at radius 3 is 2.56 bits per heavy atom. The van der Waals surface area contributed by atoms with Gasteiger partial charge in [-0.05, 0) is 18.2 Å². The first-order chi connectivity index (χ1) is 7.34. The molecule has 0 saturated carbocycles. The minimum atomic E-state index is -4.57. The first-order valence-corrected chi connectivity index (χ1v) is 4.33. The fourth-order valence-corrected chi connectivity index (χ4v) is 1.19.